The third kappa shape index (κ3) is 3.51. The van der Waals surface area contributed by atoms with Gasteiger partial charge in [-0.15, -0.1) is 0 Å². The molecule has 7 unspecified atom stereocenters. The first-order valence-electron chi connectivity index (χ1n) is 12.3. The third-order valence-corrected chi connectivity index (χ3v) is 9.91. The predicted molar refractivity (Wildman–Crippen MR) is 116 cm³/mol. The zero-order chi connectivity index (χ0) is 20.1. The molecule has 2 nitrogen and oxygen atoms in total. The summed E-state index contributed by atoms with van der Waals surface area (Å²) in [7, 11) is 0. The normalized spacial score (nSPS) is 46.5. The van der Waals surface area contributed by atoms with E-state index in [9.17, 15) is 10.2 Å². The van der Waals surface area contributed by atoms with Gasteiger partial charge in [0.15, 0.2) is 0 Å². The number of fused-ring (bicyclic) bond motifs is 5. The smallest absolute Gasteiger partial charge is 0.0577 e. The second-order valence-electron chi connectivity index (χ2n) is 11.8. The summed E-state index contributed by atoms with van der Waals surface area (Å²) in [5.41, 5.74) is 2.36. The molecule has 0 heterocycles. The van der Waals surface area contributed by atoms with Crippen LogP contribution in [0.15, 0.2) is 11.6 Å². The van der Waals surface area contributed by atoms with E-state index >= 15 is 0 Å². The Kier molecular flexibility index (Phi) is 5.77. The Labute approximate surface area is 173 Å². The Hall–Kier alpha value is -0.340. The Morgan fingerprint density at radius 1 is 1.04 bits per heavy atom. The molecule has 8 atom stereocenters. The fraction of sp³-hybridized carbons (Fsp3) is 0.923. The van der Waals surface area contributed by atoms with Crippen LogP contribution < -0.4 is 0 Å². The highest BCUT2D eigenvalue weighted by atomic mass is 16.3. The van der Waals surface area contributed by atoms with E-state index in [1.54, 1.807) is 5.57 Å². The Morgan fingerprint density at radius 2 is 1.82 bits per heavy atom. The number of allylic oxidation sites excluding steroid dienone is 1. The van der Waals surface area contributed by atoms with Crippen molar-refractivity contribution in [2.75, 3.05) is 0 Å². The molecule has 4 aliphatic rings. The molecule has 160 valence electrons. The average molecular weight is 389 g/mol. The van der Waals surface area contributed by atoms with Gasteiger partial charge in [-0.1, -0.05) is 39.3 Å². The molecule has 28 heavy (non-hydrogen) atoms. The molecule has 2 N–H and O–H groups in total. The van der Waals surface area contributed by atoms with Gasteiger partial charge in [0.2, 0.25) is 0 Å². The van der Waals surface area contributed by atoms with Crippen LogP contribution in [0.3, 0.4) is 0 Å². The van der Waals surface area contributed by atoms with E-state index in [1.807, 2.05) is 0 Å². The molecular weight excluding hydrogens is 344 g/mol. The van der Waals surface area contributed by atoms with E-state index in [4.69, 9.17) is 0 Å². The van der Waals surface area contributed by atoms with Gasteiger partial charge in [-0.05, 0) is 111 Å². The number of rotatable bonds is 5. The van der Waals surface area contributed by atoms with Gasteiger partial charge in [0.1, 0.15) is 0 Å². The summed E-state index contributed by atoms with van der Waals surface area (Å²) in [5.74, 6) is 3.90. The minimum Gasteiger partial charge on any atom is -0.393 e. The van der Waals surface area contributed by atoms with Gasteiger partial charge in [0.25, 0.3) is 0 Å². The molecule has 3 saturated carbocycles. The summed E-state index contributed by atoms with van der Waals surface area (Å²) in [6.07, 6.45) is 15.3. The Morgan fingerprint density at radius 3 is 2.57 bits per heavy atom. The minimum absolute atomic E-state index is 0.101. The molecule has 0 aromatic rings. The molecule has 0 saturated heterocycles. The fourth-order valence-electron chi connectivity index (χ4n) is 8.11. The van der Waals surface area contributed by atoms with Gasteiger partial charge in [-0.3, -0.25) is 0 Å². The summed E-state index contributed by atoms with van der Waals surface area (Å²) < 4.78 is 0. The molecule has 4 rings (SSSR count). The van der Waals surface area contributed by atoms with Crippen LogP contribution in [0.4, 0.5) is 0 Å². The standard InChI is InChI=1S/C26H44O2/c1-17(2)5-8-20(27)15-19-7-10-23-22-9-6-18-16-21(28)11-13-25(18,3)24(22)12-14-26(19,23)4/h6,17,19-24,27-28H,5,7-16H2,1-4H3/t19-,20?,21?,22?,23?,24?,25?,26?/m1/s1. The predicted octanol–water partition coefficient (Wildman–Crippen LogP) is 6.11. The van der Waals surface area contributed by atoms with E-state index in [0.717, 1.165) is 49.9 Å². The van der Waals surface area contributed by atoms with E-state index in [0.29, 0.717) is 22.7 Å². The van der Waals surface area contributed by atoms with Crippen molar-refractivity contribution in [2.24, 2.45) is 40.4 Å². The minimum atomic E-state index is -0.104. The lowest BCUT2D eigenvalue weighted by molar-refractivity contribution is -0.0557. The first-order valence-corrected chi connectivity index (χ1v) is 12.3. The molecule has 0 amide bonds. The van der Waals surface area contributed by atoms with Crippen LogP contribution in [-0.2, 0) is 0 Å². The molecule has 0 aromatic carbocycles. The van der Waals surface area contributed by atoms with Gasteiger partial charge in [0, 0.05) is 0 Å². The van der Waals surface area contributed by atoms with Gasteiger partial charge in [-0.2, -0.15) is 0 Å². The van der Waals surface area contributed by atoms with Crippen molar-refractivity contribution in [3.8, 4) is 0 Å². The molecule has 2 heteroatoms. The van der Waals surface area contributed by atoms with Crippen molar-refractivity contribution in [1.29, 1.82) is 0 Å². The van der Waals surface area contributed by atoms with Crippen LogP contribution in [0.1, 0.15) is 98.3 Å². The molecule has 0 bridgehead atoms. The van der Waals surface area contributed by atoms with Gasteiger partial charge in [-0.25, -0.2) is 0 Å². The van der Waals surface area contributed by atoms with Crippen LogP contribution in [0, 0.1) is 40.4 Å². The Balaban J connectivity index is 1.48. The largest absolute Gasteiger partial charge is 0.393 e. The molecule has 4 aliphatic carbocycles. The molecular formula is C26H44O2. The van der Waals surface area contributed by atoms with E-state index in [-0.39, 0.29) is 12.2 Å². The van der Waals surface area contributed by atoms with Crippen LogP contribution in [0.5, 0.6) is 0 Å². The molecule has 0 aliphatic heterocycles. The van der Waals surface area contributed by atoms with E-state index in [2.05, 4.69) is 33.8 Å². The lowest BCUT2D eigenvalue weighted by atomic mass is 9.47. The number of hydrogen-bond acceptors (Lipinski definition) is 2. The lowest BCUT2D eigenvalue weighted by Crippen LogP contribution is -2.50. The van der Waals surface area contributed by atoms with E-state index < -0.39 is 0 Å². The number of aliphatic hydroxyl groups excluding tert-OH is 2. The van der Waals surface area contributed by atoms with Crippen molar-refractivity contribution in [2.45, 2.75) is 111 Å². The second-order valence-corrected chi connectivity index (χ2v) is 11.8. The van der Waals surface area contributed by atoms with Crippen molar-refractivity contribution < 1.29 is 10.2 Å². The van der Waals surface area contributed by atoms with Crippen molar-refractivity contribution in [3.05, 3.63) is 11.6 Å². The maximum atomic E-state index is 10.7. The highest BCUT2D eigenvalue weighted by molar-refractivity contribution is 5.25. The maximum Gasteiger partial charge on any atom is 0.0577 e. The summed E-state index contributed by atoms with van der Waals surface area (Å²) in [6.45, 7) is 9.62. The van der Waals surface area contributed by atoms with Crippen molar-refractivity contribution >= 4 is 0 Å². The van der Waals surface area contributed by atoms with Gasteiger partial charge >= 0.3 is 0 Å². The SMILES string of the molecule is CC(C)CCC(O)C[C@H]1CCC2C3CC=C4CC(O)CCC4(C)C3CCC21C. The first kappa shape index (κ1) is 20.9. The monoisotopic (exact) mass is 388 g/mol. The second kappa shape index (κ2) is 7.73. The summed E-state index contributed by atoms with van der Waals surface area (Å²) >= 11 is 0. The number of hydrogen-bond donors (Lipinski definition) is 2. The first-order chi connectivity index (χ1) is 13.2. The highest BCUT2D eigenvalue weighted by Gasteiger charge is 2.58. The summed E-state index contributed by atoms with van der Waals surface area (Å²) in [5, 5.41) is 20.9. The molecule has 3 fully saturated rings. The average Bonchev–Trinajstić information content (AvgIpc) is 2.97. The maximum absolute atomic E-state index is 10.7. The van der Waals surface area contributed by atoms with Crippen molar-refractivity contribution in [1.82, 2.24) is 0 Å². The summed E-state index contributed by atoms with van der Waals surface area (Å²) in [4.78, 5) is 0. The van der Waals surface area contributed by atoms with Crippen LogP contribution >= 0.6 is 0 Å². The lowest BCUT2D eigenvalue weighted by Gasteiger charge is -2.58. The highest BCUT2D eigenvalue weighted by Crippen LogP contribution is 2.66. The zero-order valence-corrected chi connectivity index (χ0v) is 18.8. The Bertz CT molecular complexity index is 595. The molecule has 0 spiro atoms. The van der Waals surface area contributed by atoms with Crippen LogP contribution in [-0.4, -0.2) is 22.4 Å². The molecule has 0 aromatic heterocycles. The van der Waals surface area contributed by atoms with E-state index in [1.165, 1.54) is 38.5 Å². The summed E-state index contributed by atoms with van der Waals surface area (Å²) in [6, 6.07) is 0. The topological polar surface area (TPSA) is 40.5 Å². The molecule has 0 radical (unpaired) electrons. The number of aliphatic hydroxyl groups is 2. The van der Waals surface area contributed by atoms with Gasteiger partial charge < -0.3 is 10.2 Å². The quantitative estimate of drug-likeness (QED) is 0.558. The van der Waals surface area contributed by atoms with Crippen molar-refractivity contribution in [3.63, 3.8) is 0 Å². The third-order valence-electron chi connectivity index (χ3n) is 9.91. The zero-order valence-electron chi connectivity index (χ0n) is 18.8. The van der Waals surface area contributed by atoms with Crippen LogP contribution in [0.2, 0.25) is 0 Å². The fourth-order valence-corrected chi connectivity index (χ4v) is 8.11. The van der Waals surface area contributed by atoms with Gasteiger partial charge in [0.05, 0.1) is 12.2 Å². The van der Waals surface area contributed by atoms with Crippen LogP contribution in [0.25, 0.3) is 0 Å².